The van der Waals surface area contributed by atoms with Crippen molar-refractivity contribution < 1.29 is 5.11 Å². The minimum Gasteiger partial charge on any atom is -0.398 e. The fourth-order valence-corrected chi connectivity index (χ4v) is 5.34. The lowest BCUT2D eigenvalue weighted by atomic mass is 9.95. The first-order valence-electron chi connectivity index (χ1n) is 7.79. The van der Waals surface area contributed by atoms with Crippen LogP contribution in [0, 0.1) is 0 Å². The van der Waals surface area contributed by atoms with Crippen LogP contribution < -0.4 is 11.1 Å². The van der Waals surface area contributed by atoms with Crippen LogP contribution in [0.15, 0.2) is 21.1 Å². The van der Waals surface area contributed by atoms with Gasteiger partial charge < -0.3 is 16.2 Å². The Morgan fingerprint density at radius 2 is 1.95 bits per heavy atom. The number of aliphatic hydroxyl groups excluding tert-OH is 1. The van der Waals surface area contributed by atoms with E-state index >= 15 is 0 Å². The van der Waals surface area contributed by atoms with Gasteiger partial charge in [-0.1, -0.05) is 15.9 Å². The van der Waals surface area contributed by atoms with Gasteiger partial charge in [-0.2, -0.15) is 11.8 Å². The molecule has 0 amide bonds. The molecule has 0 bridgehead atoms. The molecule has 0 saturated heterocycles. The fraction of sp³-hybridized carbons (Fsp3) is 0.625. The number of anilines is 1. The number of thioether (sulfide) groups is 1. The van der Waals surface area contributed by atoms with Crippen LogP contribution in [-0.4, -0.2) is 28.8 Å². The van der Waals surface area contributed by atoms with E-state index in [2.05, 4.69) is 43.2 Å². The lowest BCUT2D eigenvalue weighted by Gasteiger charge is -2.29. The van der Waals surface area contributed by atoms with E-state index in [0.29, 0.717) is 12.6 Å². The summed E-state index contributed by atoms with van der Waals surface area (Å²) in [5.74, 6) is 1.09. The van der Waals surface area contributed by atoms with Crippen LogP contribution in [0.1, 0.15) is 37.7 Å². The maximum absolute atomic E-state index is 8.84. The molecular formula is C16H24Br2N2OS. The van der Waals surface area contributed by atoms with Gasteiger partial charge in [-0.05, 0) is 71.5 Å². The highest BCUT2D eigenvalue weighted by molar-refractivity contribution is 9.11. The zero-order chi connectivity index (χ0) is 15.9. The molecule has 2 rings (SSSR count). The summed E-state index contributed by atoms with van der Waals surface area (Å²) < 4.78 is 2.00. The molecule has 1 fully saturated rings. The van der Waals surface area contributed by atoms with Gasteiger partial charge in [0.15, 0.2) is 0 Å². The second-order valence-electron chi connectivity index (χ2n) is 5.76. The van der Waals surface area contributed by atoms with Gasteiger partial charge in [-0.3, -0.25) is 0 Å². The zero-order valence-corrected chi connectivity index (χ0v) is 16.6. The van der Waals surface area contributed by atoms with Crippen LogP contribution in [0.25, 0.3) is 0 Å². The van der Waals surface area contributed by atoms with Gasteiger partial charge >= 0.3 is 0 Å². The summed E-state index contributed by atoms with van der Waals surface area (Å²) in [6, 6.07) is 4.66. The molecular weight excluding hydrogens is 428 g/mol. The van der Waals surface area contributed by atoms with Crippen molar-refractivity contribution in [3.8, 4) is 0 Å². The molecule has 3 nitrogen and oxygen atoms in total. The molecule has 4 N–H and O–H groups in total. The SMILES string of the molecule is Nc1c(Br)cc(Br)cc1CNC1CCC(SCCCO)CC1. The molecule has 0 atom stereocenters. The number of rotatable bonds is 7. The number of hydrogen-bond donors (Lipinski definition) is 3. The third kappa shape index (κ3) is 5.71. The Morgan fingerprint density at radius 1 is 1.23 bits per heavy atom. The van der Waals surface area contributed by atoms with E-state index in [4.69, 9.17) is 10.8 Å². The summed E-state index contributed by atoms with van der Waals surface area (Å²) in [5, 5.41) is 13.3. The van der Waals surface area contributed by atoms with Gasteiger partial charge in [0.25, 0.3) is 0 Å². The van der Waals surface area contributed by atoms with Crippen molar-refractivity contribution in [3.05, 3.63) is 26.6 Å². The van der Waals surface area contributed by atoms with E-state index in [9.17, 15) is 0 Å². The average Bonchev–Trinajstić information content (AvgIpc) is 2.51. The average molecular weight is 452 g/mol. The highest BCUT2D eigenvalue weighted by Crippen LogP contribution is 2.31. The van der Waals surface area contributed by atoms with Crippen molar-refractivity contribution in [2.75, 3.05) is 18.1 Å². The smallest absolute Gasteiger partial charge is 0.0504 e. The van der Waals surface area contributed by atoms with E-state index in [1.807, 2.05) is 17.8 Å². The van der Waals surface area contributed by atoms with E-state index in [1.165, 1.54) is 25.7 Å². The third-order valence-corrected chi connectivity index (χ3v) is 6.67. The Bertz CT molecular complexity index is 479. The number of nitrogens with one attached hydrogen (secondary N) is 1. The molecule has 0 unspecified atom stereocenters. The minimum atomic E-state index is 0.313. The maximum Gasteiger partial charge on any atom is 0.0504 e. The molecule has 1 aromatic carbocycles. The van der Waals surface area contributed by atoms with Gasteiger partial charge in [-0.15, -0.1) is 0 Å². The van der Waals surface area contributed by atoms with Crippen molar-refractivity contribution in [1.82, 2.24) is 5.32 Å². The second-order valence-corrected chi connectivity index (χ2v) is 8.94. The predicted octanol–water partition coefficient (Wildman–Crippen LogP) is 4.31. The van der Waals surface area contributed by atoms with Crippen molar-refractivity contribution in [3.63, 3.8) is 0 Å². The van der Waals surface area contributed by atoms with Crippen LogP contribution in [-0.2, 0) is 6.54 Å². The lowest BCUT2D eigenvalue weighted by molar-refractivity contribution is 0.296. The molecule has 0 aromatic heterocycles. The number of benzene rings is 1. The molecule has 22 heavy (non-hydrogen) atoms. The largest absolute Gasteiger partial charge is 0.398 e. The highest BCUT2D eigenvalue weighted by atomic mass is 79.9. The molecule has 0 aliphatic heterocycles. The van der Waals surface area contributed by atoms with Crippen molar-refractivity contribution in [2.45, 2.75) is 49.9 Å². The minimum absolute atomic E-state index is 0.313. The summed E-state index contributed by atoms with van der Waals surface area (Å²) in [7, 11) is 0. The Labute approximate surface area is 154 Å². The second kappa shape index (κ2) is 9.52. The summed E-state index contributed by atoms with van der Waals surface area (Å²) in [6.45, 7) is 1.13. The molecule has 0 heterocycles. The maximum atomic E-state index is 8.84. The standard InChI is InChI=1S/C16H24Br2N2OS/c17-12-8-11(16(19)15(18)9-12)10-20-13-2-4-14(5-3-13)22-7-1-6-21/h8-9,13-14,20-21H,1-7,10,19H2. The Kier molecular flexibility index (Phi) is 8.05. The van der Waals surface area contributed by atoms with Gasteiger partial charge in [-0.25, -0.2) is 0 Å². The normalized spacial score (nSPS) is 22.0. The third-order valence-electron chi connectivity index (χ3n) is 4.09. The molecule has 6 heteroatoms. The number of nitrogens with two attached hydrogens (primary N) is 1. The fourth-order valence-electron chi connectivity index (χ4n) is 2.79. The number of halogens is 2. The van der Waals surface area contributed by atoms with Crippen LogP contribution in [0.5, 0.6) is 0 Å². The first-order chi connectivity index (χ1) is 10.6. The summed E-state index contributed by atoms with van der Waals surface area (Å²) in [4.78, 5) is 0. The summed E-state index contributed by atoms with van der Waals surface area (Å²) in [5.41, 5.74) is 8.09. The molecule has 1 aromatic rings. The Hall–Kier alpha value is 0.250. The van der Waals surface area contributed by atoms with Crippen LogP contribution >= 0.6 is 43.6 Å². The number of aliphatic hydroxyl groups is 1. The number of nitrogen functional groups attached to an aromatic ring is 1. The molecule has 0 radical (unpaired) electrons. The van der Waals surface area contributed by atoms with Crippen molar-refractivity contribution in [2.24, 2.45) is 0 Å². The zero-order valence-electron chi connectivity index (χ0n) is 12.7. The summed E-state index contributed by atoms with van der Waals surface area (Å²) >= 11 is 9.04. The van der Waals surface area contributed by atoms with Gasteiger partial charge in [0.1, 0.15) is 0 Å². The summed E-state index contributed by atoms with van der Waals surface area (Å²) in [6.07, 6.45) is 5.91. The molecule has 1 aliphatic carbocycles. The first-order valence-corrected chi connectivity index (χ1v) is 10.4. The van der Waals surface area contributed by atoms with Gasteiger partial charge in [0.2, 0.25) is 0 Å². The van der Waals surface area contributed by atoms with Crippen LogP contribution in [0.4, 0.5) is 5.69 Å². The molecule has 1 aliphatic rings. The quantitative estimate of drug-likeness (QED) is 0.427. The highest BCUT2D eigenvalue weighted by Gasteiger charge is 2.21. The van der Waals surface area contributed by atoms with E-state index in [-0.39, 0.29) is 0 Å². The Balaban J connectivity index is 1.75. The lowest BCUT2D eigenvalue weighted by Crippen LogP contribution is -2.33. The Morgan fingerprint density at radius 3 is 2.64 bits per heavy atom. The molecule has 0 spiro atoms. The van der Waals surface area contributed by atoms with E-state index < -0.39 is 0 Å². The van der Waals surface area contributed by atoms with Crippen LogP contribution in [0.3, 0.4) is 0 Å². The first kappa shape index (κ1) is 18.6. The van der Waals surface area contributed by atoms with E-state index in [1.54, 1.807) is 0 Å². The molecule has 1 saturated carbocycles. The van der Waals surface area contributed by atoms with E-state index in [0.717, 1.165) is 44.2 Å². The van der Waals surface area contributed by atoms with Crippen LogP contribution in [0.2, 0.25) is 0 Å². The van der Waals surface area contributed by atoms with Gasteiger partial charge in [0, 0.05) is 33.4 Å². The topological polar surface area (TPSA) is 58.3 Å². The van der Waals surface area contributed by atoms with Crippen molar-refractivity contribution >= 4 is 49.3 Å². The monoisotopic (exact) mass is 450 g/mol. The van der Waals surface area contributed by atoms with Gasteiger partial charge in [0.05, 0.1) is 5.69 Å². The predicted molar refractivity (Wildman–Crippen MR) is 103 cm³/mol. The van der Waals surface area contributed by atoms with Crippen molar-refractivity contribution in [1.29, 1.82) is 0 Å². The number of hydrogen-bond acceptors (Lipinski definition) is 4. The molecule has 124 valence electrons.